The number of aromatic hydroxyl groups is 3. The van der Waals surface area contributed by atoms with Gasteiger partial charge < -0.3 is 20.1 Å². The van der Waals surface area contributed by atoms with Gasteiger partial charge in [0.2, 0.25) is 0 Å². The fourth-order valence-electron chi connectivity index (χ4n) is 14.6. The van der Waals surface area contributed by atoms with Crippen molar-refractivity contribution in [3.05, 3.63) is 245 Å². The van der Waals surface area contributed by atoms with Crippen LogP contribution in [0.1, 0.15) is 228 Å². The number of benzene rings is 8. The number of hydrogen-bond acceptors (Lipinski definition) is 4. The van der Waals surface area contributed by atoms with Crippen molar-refractivity contribution in [1.29, 1.82) is 0 Å². The van der Waals surface area contributed by atoms with E-state index in [1.165, 1.54) is 60.5 Å². The largest absolute Gasteiger partial charge is 0.582 e. The Bertz CT molecular complexity index is 4720. The molecule has 0 saturated carbocycles. The van der Waals surface area contributed by atoms with Crippen LogP contribution < -0.4 is 0 Å². The van der Waals surface area contributed by atoms with Crippen molar-refractivity contribution >= 4 is 66.3 Å². The summed E-state index contributed by atoms with van der Waals surface area (Å²) < 4.78 is 9.53. The summed E-state index contributed by atoms with van der Waals surface area (Å²) in [5.41, 5.74) is 19.9. The molecule has 5 N–H and O–H groups in total. The van der Waals surface area contributed by atoms with Crippen molar-refractivity contribution in [1.82, 2.24) is 9.13 Å². The Balaban J connectivity index is 0.000000220. The predicted molar refractivity (Wildman–Crippen MR) is 451 cm³/mol. The maximum Gasteiger partial charge on any atom is 0.262 e. The Morgan fingerprint density at radius 2 is 0.702 bits per heavy atom. The van der Waals surface area contributed by atoms with E-state index in [4.69, 9.17) is 9.84 Å². The fourth-order valence-corrected chi connectivity index (χ4v) is 16.6. The summed E-state index contributed by atoms with van der Waals surface area (Å²) in [4.78, 5) is 0. The van der Waals surface area contributed by atoms with Crippen molar-refractivity contribution in [2.45, 2.75) is 217 Å². The topological polar surface area (TPSA) is 86.0 Å². The van der Waals surface area contributed by atoms with Gasteiger partial charge in [-0.3, -0.25) is 9.13 Å². The third kappa shape index (κ3) is 19.5. The number of aliphatic hydroxyl groups is 1. The molecule has 0 aliphatic heterocycles. The first-order chi connectivity index (χ1) is 47.9. The minimum Gasteiger partial charge on any atom is -0.582 e. The Kier molecular flexibility index (Phi) is 25.4. The molecule has 0 bridgehead atoms. The number of nitrogens with zero attached hydrogens (tertiary/aromatic N) is 2. The van der Waals surface area contributed by atoms with Gasteiger partial charge in [0.25, 0.3) is 5.75 Å². The summed E-state index contributed by atoms with van der Waals surface area (Å²) in [5, 5.41) is 42.5. The van der Waals surface area contributed by atoms with Crippen LogP contribution in [0.2, 0.25) is 0 Å². The van der Waals surface area contributed by atoms with Gasteiger partial charge in [0.15, 0.2) is 18.1 Å². The minimum absolute atomic E-state index is 0. The predicted octanol–water partition coefficient (Wildman–Crippen LogP) is 26.8. The van der Waals surface area contributed by atoms with Crippen LogP contribution in [0.15, 0.2) is 181 Å². The summed E-state index contributed by atoms with van der Waals surface area (Å²) in [6.07, 6.45) is 3.84. The number of fused-ring (bicyclic) bond motifs is 6. The smallest absolute Gasteiger partial charge is 0.262 e. The number of hydrogen-bond donors (Lipinski definition) is 2. The van der Waals surface area contributed by atoms with E-state index in [0.717, 1.165) is 96.9 Å². The third-order valence-electron chi connectivity index (χ3n) is 19.8. The number of aryl methyl sites for hydroxylation is 1. The van der Waals surface area contributed by atoms with Gasteiger partial charge in [-0.25, -0.2) is 0 Å². The Labute approximate surface area is 652 Å². The maximum atomic E-state index is 12.2. The van der Waals surface area contributed by atoms with Gasteiger partial charge in [-0.15, -0.1) is 46.9 Å². The average molecular weight is 1510 g/mol. The molecule has 0 amide bonds. The van der Waals surface area contributed by atoms with Gasteiger partial charge in [0.1, 0.15) is 16.6 Å². The minimum atomic E-state index is -0.0480. The van der Waals surface area contributed by atoms with Crippen LogP contribution in [0.25, 0.3) is 75.9 Å². The molecule has 0 atom stereocenters. The van der Waals surface area contributed by atoms with Gasteiger partial charge in [0.05, 0.1) is 27.6 Å². The van der Waals surface area contributed by atoms with Crippen LogP contribution in [-0.4, -0.2) is 42.4 Å². The molecule has 12 rings (SSSR count). The monoisotopic (exact) mass is 1510 g/mol. The van der Waals surface area contributed by atoms with E-state index in [-0.39, 0.29) is 69.5 Å². The molecular formula is C95H120N2O4S2Zr. The summed E-state index contributed by atoms with van der Waals surface area (Å²) in [6, 6.07) is 60.5. The molecule has 12 aromatic rings. The normalized spacial score (nSPS) is 12.5. The van der Waals surface area contributed by atoms with E-state index in [9.17, 15) is 10.2 Å². The van der Waals surface area contributed by atoms with Crippen molar-refractivity contribution in [3.8, 4) is 49.5 Å². The van der Waals surface area contributed by atoms with Gasteiger partial charge in [-0.05, 0) is 168 Å². The molecule has 0 spiro atoms. The third-order valence-corrected chi connectivity index (χ3v) is 21.7. The van der Waals surface area contributed by atoms with Crippen LogP contribution in [0.4, 0.5) is 0 Å². The second kappa shape index (κ2) is 32.1. The Morgan fingerprint density at radius 3 is 1.01 bits per heavy atom. The molecule has 104 heavy (non-hydrogen) atoms. The molecule has 0 saturated heterocycles. The molecule has 550 valence electrons. The summed E-state index contributed by atoms with van der Waals surface area (Å²) >= 11 is 3.21. The molecule has 0 radical (unpaired) electrons. The van der Waals surface area contributed by atoms with Gasteiger partial charge in [-0.2, -0.15) is 49.2 Å². The number of rotatable bonds is 13. The van der Waals surface area contributed by atoms with Crippen LogP contribution in [0.3, 0.4) is 0 Å². The van der Waals surface area contributed by atoms with Crippen LogP contribution in [0.5, 0.6) is 17.2 Å². The molecule has 4 heterocycles. The first kappa shape index (κ1) is 82.4. The standard InChI is InChI=1S/C42H55NO3S.C39H49NOS.2C7H7.Zr/c1-39(2,3)26-42(10,11)29-16-19-36(46-21-13-12-20-44)32(24-29)33-25-47-38(37(33)45)43-34-17-14-27(40(4,5)6)22-30(34)31-23-28(41(7,8)9)15-18-35(31)43;1-24-13-14-27(39(11,12)23-36(2,3)4)21-28(24)31-22-42-35(34(31)41)40-32-17-15-25(37(5,6)7)19-29(32)30-20-26(38(8,9)10)16-18-33(30)40;2*1-7-5-3-2-4-6-7;/h14-19,22-25,44-45H,12-13,20-21,26H2,1-11H3;13-22,41H,23H2,1-12H3;2*2-6H,1H2;/q;;2*-1;/p+2. The first-order valence-electron chi connectivity index (χ1n) is 37.0. The number of ether oxygens (including phenoxy) is 1. The van der Waals surface area contributed by atoms with Crippen LogP contribution in [0, 0.1) is 31.6 Å². The van der Waals surface area contributed by atoms with E-state index >= 15 is 0 Å². The zero-order valence-corrected chi connectivity index (χ0v) is 71.1. The van der Waals surface area contributed by atoms with Crippen molar-refractivity contribution in [2.75, 3.05) is 13.2 Å². The van der Waals surface area contributed by atoms with Crippen LogP contribution >= 0.6 is 22.7 Å². The molecular weight excluding hydrogens is 1390 g/mol. The SMILES string of the molecule is CC(C)(C)CC(C)(C)c1ccc([OH+]CCCC[OH2+])c(-c2csc(-n3c4ccc(C(C)(C)C)cc4c4cc(C(C)(C)C)ccc43)c2O)c1.Cc1ccc(C(C)(C)CC(C)(C)C)cc1-c1csc(-n2c3ccc(C(C)(C)C)cc3c3cc(C(C)(C)C)ccc32)c1O.[CH2-]c1ccccc1.[CH2-]c1ccccc1.[Zr]. The Morgan fingerprint density at radius 1 is 0.385 bits per heavy atom. The van der Waals surface area contributed by atoms with E-state index in [1.807, 2.05) is 60.7 Å². The average Bonchev–Trinajstić information content (AvgIpc) is 1.58. The molecule has 0 aliphatic carbocycles. The summed E-state index contributed by atoms with van der Waals surface area (Å²) in [6.45, 7) is 61.0. The van der Waals surface area contributed by atoms with Crippen molar-refractivity contribution < 1.29 is 46.3 Å². The first-order valence-corrected chi connectivity index (χ1v) is 38.8. The number of aromatic nitrogens is 2. The van der Waals surface area contributed by atoms with Gasteiger partial charge in [-0.1, -0.05) is 207 Å². The second-order valence-electron chi connectivity index (χ2n) is 36.5. The molecule has 8 aromatic carbocycles. The Hall–Kier alpha value is -7.26. The van der Waals surface area contributed by atoms with E-state index < -0.39 is 0 Å². The second-order valence-corrected chi connectivity index (χ2v) is 38.2. The van der Waals surface area contributed by atoms with Crippen LogP contribution in [-0.2, 0) is 58.7 Å². The van der Waals surface area contributed by atoms with Gasteiger partial charge >= 0.3 is 0 Å². The summed E-state index contributed by atoms with van der Waals surface area (Å²) in [7, 11) is 0. The van der Waals surface area contributed by atoms with E-state index in [1.54, 1.807) is 22.7 Å². The molecule has 6 nitrogen and oxygen atoms in total. The van der Waals surface area contributed by atoms with E-state index in [2.05, 4.69) is 302 Å². The summed E-state index contributed by atoms with van der Waals surface area (Å²) in [5.74, 6) is 1.55. The van der Waals surface area contributed by atoms with Crippen molar-refractivity contribution in [2.24, 2.45) is 10.8 Å². The van der Waals surface area contributed by atoms with E-state index in [0.29, 0.717) is 24.7 Å². The molecule has 0 aliphatic rings. The molecule has 0 fully saturated rings. The zero-order chi connectivity index (χ0) is 75.7. The fraction of sp³-hybridized carbons (Fsp3) is 0.389. The molecule has 0 unspecified atom stereocenters. The zero-order valence-electron chi connectivity index (χ0n) is 67.0. The molecule has 4 aromatic heterocycles. The maximum absolute atomic E-state index is 12.2. The number of thiophene rings is 2. The number of unbranched alkanes of at least 4 members (excludes halogenated alkanes) is 1. The molecule has 9 heteroatoms. The van der Waals surface area contributed by atoms with Gasteiger partial charge in [0, 0.05) is 88.5 Å². The van der Waals surface area contributed by atoms with Crippen molar-refractivity contribution in [3.63, 3.8) is 0 Å². The quantitative estimate of drug-likeness (QED) is 0.0685.